The van der Waals surface area contributed by atoms with Crippen molar-refractivity contribution in [3.8, 4) is 5.75 Å². The predicted octanol–water partition coefficient (Wildman–Crippen LogP) is 3.57. The second-order valence-corrected chi connectivity index (χ2v) is 7.96. The molecule has 148 valence electrons. The Bertz CT molecular complexity index is 1010. The smallest absolute Gasteiger partial charge is 0.271 e. The largest absolute Gasteiger partial charge is 0.497 e. The highest BCUT2D eigenvalue weighted by Gasteiger charge is 2.16. The van der Waals surface area contributed by atoms with Gasteiger partial charge in [0.2, 0.25) is 0 Å². The predicted molar refractivity (Wildman–Crippen MR) is 110 cm³/mol. The highest BCUT2D eigenvalue weighted by atomic mass is 32.2. The molecule has 0 heterocycles. The number of carbonyl (C=O) groups excluding carboxylic acids is 1. The highest BCUT2D eigenvalue weighted by Crippen LogP contribution is 2.20. The quantitative estimate of drug-likeness (QED) is 0.547. The Morgan fingerprint density at radius 3 is 2.36 bits per heavy atom. The first-order chi connectivity index (χ1) is 13.2. The lowest BCUT2D eigenvalue weighted by molar-refractivity contribution is 0.0954. The molecule has 0 spiro atoms. The van der Waals surface area contributed by atoms with Crippen LogP contribution in [0.5, 0.6) is 5.75 Å². The van der Waals surface area contributed by atoms with E-state index in [9.17, 15) is 13.2 Å². The minimum Gasteiger partial charge on any atom is -0.497 e. The van der Waals surface area contributed by atoms with Crippen molar-refractivity contribution in [2.75, 3.05) is 11.8 Å². The first-order valence-electron chi connectivity index (χ1n) is 8.48. The number of sulfonamides is 1. The van der Waals surface area contributed by atoms with E-state index in [1.54, 1.807) is 31.2 Å². The number of carbonyl (C=O) groups is 1. The number of hydrogen-bond acceptors (Lipinski definition) is 5. The molecule has 2 N–H and O–H groups in total. The molecule has 0 saturated heterocycles. The molecular formula is C20H23N3O4S. The van der Waals surface area contributed by atoms with Crippen molar-refractivity contribution >= 4 is 27.3 Å². The zero-order chi connectivity index (χ0) is 20.7. The fourth-order valence-electron chi connectivity index (χ4n) is 2.33. The summed E-state index contributed by atoms with van der Waals surface area (Å²) in [6, 6.07) is 12.2. The van der Waals surface area contributed by atoms with E-state index in [-0.39, 0.29) is 10.5 Å². The lowest BCUT2D eigenvalue weighted by Crippen LogP contribution is -2.20. The third kappa shape index (κ3) is 5.95. The fraction of sp³-hybridized carbons (Fsp3) is 0.200. The number of methoxy groups -OCH3 is 1. The van der Waals surface area contributed by atoms with Gasteiger partial charge in [0, 0.05) is 11.3 Å². The molecule has 0 radical (unpaired) electrons. The molecule has 0 fully saturated rings. The van der Waals surface area contributed by atoms with Gasteiger partial charge in [-0.1, -0.05) is 11.6 Å². The van der Waals surface area contributed by atoms with Gasteiger partial charge in [-0.25, -0.2) is 13.8 Å². The maximum Gasteiger partial charge on any atom is 0.271 e. The summed E-state index contributed by atoms with van der Waals surface area (Å²) in [7, 11) is -2.32. The average Bonchev–Trinajstić information content (AvgIpc) is 2.66. The zero-order valence-electron chi connectivity index (χ0n) is 16.2. The van der Waals surface area contributed by atoms with Gasteiger partial charge in [-0.3, -0.25) is 9.52 Å². The topological polar surface area (TPSA) is 96.9 Å². The van der Waals surface area contributed by atoms with Crippen molar-refractivity contribution in [2.24, 2.45) is 5.10 Å². The van der Waals surface area contributed by atoms with Crippen LogP contribution in [0, 0.1) is 0 Å². The van der Waals surface area contributed by atoms with Crippen LogP contribution < -0.4 is 14.9 Å². The highest BCUT2D eigenvalue weighted by molar-refractivity contribution is 7.92. The molecule has 0 aliphatic heterocycles. The van der Waals surface area contributed by atoms with Gasteiger partial charge >= 0.3 is 0 Å². The Labute approximate surface area is 165 Å². The zero-order valence-corrected chi connectivity index (χ0v) is 17.0. The Kier molecular flexibility index (Phi) is 6.94. The summed E-state index contributed by atoms with van der Waals surface area (Å²) in [5, 5.41) is 3.98. The second kappa shape index (κ2) is 9.18. The molecule has 0 aliphatic rings. The number of nitrogens with zero attached hydrogens (tertiary/aromatic N) is 1. The van der Waals surface area contributed by atoms with Crippen LogP contribution in [0.1, 0.15) is 31.1 Å². The van der Waals surface area contributed by atoms with E-state index in [0.717, 1.165) is 5.57 Å². The van der Waals surface area contributed by atoms with Crippen LogP contribution in [0.3, 0.4) is 0 Å². The van der Waals surface area contributed by atoms with E-state index >= 15 is 0 Å². The lowest BCUT2D eigenvalue weighted by Gasteiger charge is -2.10. The van der Waals surface area contributed by atoms with Gasteiger partial charge in [-0.2, -0.15) is 5.10 Å². The van der Waals surface area contributed by atoms with Gasteiger partial charge in [0.15, 0.2) is 0 Å². The fourth-order valence-corrected chi connectivity index (χ4v) is 3.44. The maximum absolute atomic E-state index is 12.6. The molecule has 2 aromatic rings. The van der Waals surface area contributed by atoms with E-state index < -0.39 is 15.9 Å². The summed E-state index contributed by atoms with van der Waals surface area (Å²) < 4.78 is 32.7. The molecule has 2 aromatic carbocycles. The SMILES string of the molecule is COc1ccc(NS(=O)(=O)c2cccc(C(=O)N/N=C(\C)C=C(C)C)c2)cc1. The normalized spacial score (nSPS) is 11.5. The van der Waals surface area contributed by atoms with Gasteiger partial charge in [0.1, 0.15) is 5.75 Å². The van der Waals surface area contributed by atoms with Crippen LogP contribution in [0.2, 0.25) is 0 Å². The molecule has 8 heteroatoms. The van der Waals surface area contributed by atoms with Crippen LogP contribution in [-0.4, -0.2) is 27.1 Å². The maximum atomic E-state index is 12.6. The van der Waals surface area contributed by atoms with Gasteiger partial charge in [-0.05, 0) is 69.3 Å². The Morgan fingerprint density at radius 1 is 1.07 bits per heavy atom. The summed E-state index contributed by atoms with van der Waals surface area (Å²) in [5.41, 5.74) is 4.68. The number of rotatable bonds is 7. The van der Waals surface area contributed by atoms with E-state index in [1.807, 2.05) is 19.9 Å². The standard InChI is InChI=1S/C20H23N3O4S/c1-14(2)12-15(3)21-22-20(24)16-6-5-7-19(13-16)28(25,26)23-17-8-10-18(27-4)11-9-17/h5-13,23H,1-4H3,(H,22,24)/b21-15+. The van der Waals surface area contributed by atoms with Crippen LogP contribution >= 0.6 is 0 Å². The molecule has 0 bridgehead atoms. The molecule has 0 aliphatic carbocycles. The first-order valence-corrected chi connectivity index (χ1v) is 9.96. The summed E-state index contributed by atoms with van der Waals surface area (Å²) in [4.78, 5) is 12.2. The number of hydrogen-bond donors (Lipinski definition) is 2. The van der Waals surface area contributed by atoms with Crippen molar-refractivity contribution in [2.45, 2.75) is 25.7 Å². The summed E-state index contributed by atoms with van der Waals surface area (Å²) in [6.45, 7) is 5.60. The minimum absolute atomic E-state index is 0.0269. The number of amides is 1. The van der Waals surface area contributed by atoms with Crippen LogP contribution in [-0.2, 0) is 10.0 Å². The van der Waals surface area contributed by atoms with Crippen LogP contribution in [0.4, 0.5) is 5.69 Å². The molecule has 0 unspecified atom stereocenters. The van der Waals surface area contributed by atoms with Gasteiger partial charge < -0.3 is 4.74 Å². The van der Waals surface area contributed by atoms with Crippen molar-refractivity contribution in [3.63, 3.8) is 0 Å². The van der Waals surface area contributed by atoms with Gasteiger partial charge in [0.25, 0.3) is 15.9 Å². The lowest BCUT2D eigenvalue weighted by atomic mass is 10.2. The summed E-state index contributed by atoms with van der Waals surface area (Å²) in [6.07, 6.45) is 1.82. The third-order valence-electron chi connectivity index (χ3n) is 3.58. The molecule has 28 heavy (non-hydrogen) atoms. The first kappa shape index (κ1) is 21.2. The number of ether oxygens (including phenoxy) is 1. The number of hydrazone groups is 1. The molecule has 1 amide bonds. The molecule has 0 saturated carbocycles. The molecule has 2 rings (SSSR count). The Morgan fingerprint density at radius 2 is 1.75 bits per heavy atom. The molecule has 0 atom stereocenters. The van der Waals surface area contributed by atoms with Crippen LogP contribution in [0.15, 0.2) is 70.2 Å². The monoisotopic (exact) mass is 401 g/mol. The van der Waals surface area contributed by atoms with Crippen LogP contribution in [0.25, 0.3) is 0 Å². The Hall–Kier alpha value is -3.13. The van der Waals surface area contributed by atoms with Gasteiger partial charge in [-0.15, -0.1) is 0 Å². The van der Waals surface area contributed by atoms with E-state index in [4.69, 9.17) is 4.74 Å². The average molecular weight is 401 g/mol. The van der Waals surface area contributed by atoms with Crippen molar-refractivity contribution in [1.29, 1.82) is 0 Å². The molecular weight excluding hydrogens is 378 g/mol. The molecule has 7 nitrogen and oxygen atoms in total. The van der Waals surface area contributed by atoms with E-state index in [0.29, 0.717) is 17.1 Å². The number of nitrogens with one attached hydrogen (secondary N) is 2. The van der Waals surface area contributed by atoms with Gasteiger partial charge in [0.05, 0.1) is 17.7 Å². The number of anilines is 1. The van der Waals surface area contributed by atoms with Crippen molar-refractivity contribution in [3.05, 3.63) is 65.7 Å². The van der Waals surface area contributed by atoms with E-state index in [1.165, 1.54) is 31.4 Å². The van der Waals surface area contributed by atoms with E-state index in [2.05, 4.69) is 15.2 Å². The minimum atomic E-state index is -3.85. The second-order valence-electron chi connectivity index (χ2n) is 6.28. The molecule has 0 aromatic heterocycles. The number of benzene rings is 2. The summed E-state index contributed by atoms with van der Waals surface area (Å²) >= 11 is 0. The van der Waals surface area contributed by atoms with Crippen molar-refractivity contribution in [1.82, 2.24) is 5.43 Å². The third-order valence-corrected chi connectivity index (χ3v) is 4.96. The van der Waals surface area contributed by atoms with Crippen molar-refractivity contribution < 1.29 is 17.9 Å². The summed E-state index contributed by atoms with van der Waals surface area (Å²) in [5.74, 6) is 0.119. The number of allylic oxidation sites excluding steroid dienone is 2. The Balaban J connectivity index is 2.18.